The lowest BCUT2D eigenvalue weighted by Crippen LogP contribution is -2.13. The van der Waals surface area contributed by atoms with Crippen molar-refractivity contribution in [2.45, 2.75) is 6.42 Å². The number of hydrogen-bond donors (Lipinski definition) is 1. The van der Waals surface area contributed by atoms with Crippen LogP contribution in [0.4, 0.5) is 4.39 Å². The number of benzene rings is 1. The zero-order valence-corrected chi connectivity index (χ0v) is 7.90. The molecule has 1 amide bonds. The molecule has 0 saturated heterocycles. The van der Waals surface area contributed by atoms with Crippen LogP contribution in [0.3, 0.4) is 0 Å². The summed E-state index contributed by atoms with van der Waals surface area (Å²) in [5, 5.41) is 1.10. The molecule has 0 aliphatic carbocycles. The van der Waals surface area contributed by atoms with Gasteiger partial charge in [-0.05, 0) is 23.1 Å². The highest BCUT2D eigenvalue weighted by Gasteiger charge is 2.07. The van der Waals surface area contributed by atoms with Gasteiger partial charge < -0.3 is 5.73 Å². The van der Waals surface area contributed by atoms with Gasteiger partial charge in [0.15, 0.2) is 0 Å². The number of nitrogens with zero attached hydrogens (tertiary/aromatic N) is 1. The van der Waals surface area contributed by atoms with Gasteiger partial charge in [0.05, 0.1) is 6.42 Å². The quantitative estimate of drug-likeness (QED) is 0.803. The highest BCUT2D eigenvalue weighted by atomic mass is 19.1. The number of halogens is 1. The summed E-state index contributed by atoms with van der Waals surface area (Å²) in [5.74, 6) is -0.772. The highest BCUT2D eigenvalue weighted by Crippen LogP contribution is 2.20. The van der Waals surface area contributed by atoms with E-state index in [4.69, 9.17) is 5.73 Å². The Bertz CT molecular complexity index is 525. The van der Waals surface area contributed by atoms with Gasteiger partial charge in [0.1, 0.15) is 5.82 Å². The smallest absolute Gasteiger partial charge is 0.221 e. The van der Waals surface area contributed by atoms with Gasteiger partial charge >= 0.3 is 0 Å². The van der Waals surface area contributed by atoms with Crippen molar-refractivity contribution in [1.82, 2.24) is 4.98 Å². The highest BCUT2D eigenvalue weighted by molar-refractivity contribution is 5.89. The lowest BCUT2D eigenvalue weighted by atomic mass is 10.0. The molecule has 0 atom stereocenters. The Kier molecular flexibility index (Phi) is 2.33. The van der Waals surface area contributed by atoms with E-state index in [0.29, 0.717) is 10.8 Å². The molecule has 3 nitrogen and oxygen atoms in total. The van der Waals surface area contributed by atoms with Crippen LogP contribution in [0.5, 0.6) is 0 Å². The SMILES string of the molecule is NC(=O)Cc1ccc(F)c2cnccc12. The molecule has 0 aliphatic rings. The number of nitrogens with two attached hydrogens (primary N) is 1. The average Bonchev–Trinajstić information content (AvgIpc) is 2.22. The van der Waals surface area contributed by atoms with Crippen LogP contribution in [-0.4, -0.2) is 10.9 Å². The Morgan fingerprint density at radius 2 is 2.13 bits per heavy atom. The molecule has 1 heterocycles. The molecule has 4 heteroatoms. The van der Waals surface area contributed by atoms with E-state index < -0.39 is 5.91 Å². The zero-order chi connectivity index (χ0) is 10.8. The number of primary amides is 1. The predicted octanol–water partition coefficient (Wildman–Crippen LogP) is 1.40. The molecule has 2 N–H and O–H groups in total. The molecule has 0 fully saturated rings. The van der Waals surface area contributed by atoms with Crippen LogP contribution in [0.2, 0.25) is 0 Å². The van der Waals surface area contributed by atoms with Gasteiger partial charge in [0.25, 0.3) is 0 Å². The van der Waals surface area contributed by atoms with E-state index >= 15 is 0 Å². The van der Waals surface area contributed by atoms with Crippen LogP contribution >= 0.6 is 0 Å². The van der Waals surface area contributed by atoms with Crippen molar-refractivity contribution < 1.29 is 9.18 Å². The second-order valence-corrected chi connectivity index (χ2v) is 3.27. The second-order valence-electron chi connectivity index (χ2n) is 3.27. The van der Waals surface area contributed by atoms with Crippen LogP contribution in [0.1, 0.15) is 5.56 Å². The number of carbonyl (C=O) groups excluding carboxylic acids is 1. The maximum absolute atomic E-state index is 13.3. The van der Waals surface area contributed by atoms with E-state index in [2.05, 4.69) is 4.98 Å². The van der Waals surface area contributed by atoms with Crippen molar-refractivity contribution in [2.24, 2.45) is 5.73 Å². The zero-order valence-electron chi connectivity index (χ0n) is 7.90. The summed E-state index contributed by atoms with van der Waals surface area (Å²) >= 11 is 0. The lowest BCUT2D eigenvalue weighted by molar-refractivity contribution is -0.117. The van der Waals surface area contributed by atoms with Gasteiger partial charge in [-0.3, -0.25) is 9.78 Å². The Morgan fingerprint density at radius 1 is 1.33 bits per heavy atom. The minimum Gasteiger partial charge on any atom is -0.369 e. The van der Waals surface area contributed by atoms with Gasteiger partial charge in [0.2, 0.25) is 5.91 Å². The van der Waals surface area contributed by atoms with Crippen LogP contribution in [0, 0.1) is 5.82 Å². The molecule has 0 aliphatic heterocycles. The molecule has 0 saturated carbocycles. The summed E-state index contributed by atoms with van der Waals surface area (Å²) in [7, 11) is 0. The fourth-order valence-electron chi connectivity index (χ4n) is 1.56. The van der Waals surface area contributed by atoms with Crippen LogP contribution < -0.4 is 5.73 Å². The molecule has 0 radical (unpaired) electrons. The molecule has 0 spiro atoms. The Balaban J connectivity index is 2.66. The molecular weight excluding hydrogens is 195 g/mol. The first-order valence-corrected chi connectivity index (χ1v) is 4.48. The molecule has 2 rings (SSSR count). The Labute approximate surface area is 85.7 Å². The fourth-order valence-corrected chi connectivity index (χ4v) is 1.56. The van der Waals surface area contributed by atoms with Gasteiger partial charge in [-0.25, -0.2) is 4.39 Å². The van der Waals surface area contributed by atoms with E-state index in [-0.39, 0.29) is 12.2 Å². The van der Waals surface area contributed by atoms with E-state index in [9.17, 15) is 9.18 Å². The number of hydrogen-bond acceptors (Lipinski definition) is 2. The van der Waals surface area contributed by atoms with Crippen molar-refractivity contribution in [3.63, 3.8) is 0 Å². The average molecular weight is 204 g/mol. The van der Waals surface area contributed by atoms with E-state index in [0.717, 1.165) is 5.56 Å². The third-order valence-corrected chi connectivity index (χ3v) is 2.22. The van der Waals surface area contributed by atoms with E-state index in [1.54, 1.807) is 18.3 Å². The number of pyridine rings is 1. The second kappa shape index (κ2) is 3.65. The maximum atomic E-state index is 13.3. The maximum Gasteiger partial charge on any atom is 0.221 e. The number of rotatable bonds is 2. The van der Waals surface area contributed by atoms with Gasteiger partial charge in [-0.2, -0.15) is 0 Å². The molecule has 15 heavy (non-hydrogen) atoms. The first-order valence-electron chi connectivity index (χ1n) is 4.48. The monoisotopic (exact) mass is 204 g/mol. The van der Waals surface area contributed by atoms with Crippen molar-refractivity contribution in [3.8, 4) is 0 Å². The summed E-state index contributed by atoms with van der Waals surface area (Å²) in [4.78, 5) is 14.6. The summed E-state index contributed by atoms with van der Waals surface area (Å²) in [6.07, 6.45) is 3.11. The predicted molar refractivity (Wildman–Crippen MR) is 54.6 cm³/mol. The van der Waals surface area contributed by atoms with Gasteiger partial charge in [0, 0.05) is 17.8 Å². The van der Waals surface area contributed by atoms with Crippen molar-refractivity contribution in [3.05, 3.63) is 42.0 Å². The molecule has 2 aromatic rings. The van der Waals surface area contributed by atoms with E-state index in [1.165, 1.54) is 12.3 Å². The summed E-state index contributed by atoms with van der Waals surface area (Å²) < 4.78 is 13.3. The molecule has 1 aromatic heterocycles. The Hall–Kier alpha value is -1.97. The Morgan fingerprint density at radius 3 is 2.87 bits per heavy atom. The van der Waals surface area contributed by atoms with Gasteiger partial charge in [-0.15, -0.1) is 0 Å². The third-order valence-electron chi connectivity index (χ3n) is 2.22. The summed E-state index contributed by atoms with van der Waals surface area (Å²) in [5.41, 5.74) is 5.83. The molecule has 0 bridgehead atoms. The minimum atomic E-state index is -0.431. The fraction of sp³-hybridized carbons (Fsp3) is 0.0909. The lowest BCUT2D eigenvalue weighted by Gasteiger charge is -2.04. The number of amides is 1. The molecular formula is C11H9FN2O. The van der Waals surface area contributed by atoms with Gasteiger partial charge in [-0.1, -0.05) is 6.07 Å². The van der Waals surface area contributed by atoms with Crippen molar-refractivity contribution >= 4 is 16.7 Å². The first-order chi connectivity index (χ1) is 7.18. The molecule has 0 unspecified atom stereocenters. The van der Waals surface area contributed by atoms with Crippen molar-refractivity contribution in [2.75, 3.05) is 0 Å². The molecule has 1 aromatic carbocycles. The third kappa shape index (κ3) is 1.79. The van der Waals surface area contributed by atoms with Crippen LogP contribution in [0.15, 0.2) is 30.6 Å². The number of aromatic nitrogens is 1. The molecule has 76 valence electrons. The normalized spacial score (nSPS) is 10.5. The summed E-state index contributed by atoms with van der Waals surface area (Å²) in [6, 6.07) is 4.57. The number of fused-ring (bicyclic) bond motifs is 1. The van der Waals surface area contributed by atoms with E-state index in [1.807, 2.05) is 0 Å². The minimum absolute atomic E-state index is 0.112. The summed E-state index contributed by atoms with van der Waals surface area (Å²) in [6.45, 7) is 0. The standard InChI is InChI=1S/C11H9FN2O/c12-10-2-1-7(5-11(13)15)8-3-4-14-6-9(8)10/h1-4,6H,5H2,(H2,13,15). The van der Waals surface area contributed by atoms with Crippen LogP contribution in [-0.2, 0) is 11.2 Å². The topological polar surface area (TPSA) is 56.0 Å². The largest absolute Gasteiger partial charge is 0.369 e. The van der Waals surface area contributed by atoms with Crippen LogP contribution in [0.25, 0.3) is 10.8 Å². The first kappa shape index (κ1) is 9.58. The number of carbonyl (C=O) groups is 1. The van der Waals surface area contributed by atoms with Crippen molar-refractivity contribution in [1.29, 1.82) is 0 Å².